The van der Waals surface area contributed by atoms with Crippen LogP contribution in [0.1, 0.15) is 28.0 Å². The predicted octanol–water partition coefficient (Wildman–Crippen LogP) is 4.37. The molecular weight excluding hydrogens is 462 g/mol. The number of H-pyrrole nitrogens is 1. The van der Waals surface area contributed by atoms with Crippen LogP contribution in [0.3, 0.4) is 0 Å². The second kappa shape index (κ2) is 12.1. The van der Waals surface area contributed by atoms with Crippen molar-refractivity contribution < 1.29 is 14.3 Å². The van der Waals surface area contributed by atoms with Gasteiger partial charge in [-0.05, 0) is 53.3 Å². The van der Waals surface area contributed by atoms with Crippen LogP contribution in [0.4, 0.5) is 0 Å². The monoisotopic (exact) mass is 491 g/mol. The summed E-state index contributed by atoms with van der Waals surface area (Å²) in [5.41, 5.74) is 3.46. The molecule has 35 heavy (non-hydrogen) atoms. The minimum Gasteiger partial charge on any atom is -0.497 e. The molecule has 0 saturated carbocycles. The molecule has 0 unspecified atom stereocenters. The topological polar surface area (TPSA) is 92.4 Å². The maximum atomic E-state index is 12.6. The number of thiophene rings is 1. The summed E-state index contributed by atoms with van der Waals surface area (Å²) in [7, 11) is 3.31. The van der Waals surface area contributed by atoms with Crippen LogP contribution in [-0.4, -0.2) is 53.3 Å². The van der Waals surface area contributed by atoms with Gasteiger partial charge in [0.05, 0.1) is 31.0 Å². The first-order valence-electron chi connectivity index (χ1n) is 11.4. The lowest BCUT2D eigenvalue weighted by Gasteiger charge is -2.23. The maximum absolute atomic E-state index is 12.6. The van der Waals surface area contributed by atoms with Crippen LogP contribution >= 0.6 is 11.3 Å². The molecular formula is C26H29N5O3S. The van der Waals surface area contributed by atoms with E-state index in [2.05, 4.69) is 31.5 Å². The average molecular weight is 492 g/mol. The van der Waals surface area contributed by atoms with Crippen molar-refractivity contribution in [3.05, 3.63) is 83.1 Å². The van der Waals surface area contributed by atoms with E-state index in [-0.39, 0.29) is 5.91 Å². The quantitative estimate of drug-likeness (QED) is 0.286. The van der Waals surface area contributed by atoms with Crippen molar-refractivity contribution in [2.75, 3.05) is 27.3 Å². The zero-order valence-electron chi connectivity index (χ0n) is 19.9. The third-order valence-electron chi connectivity index (χ3n) is 5.49. The van der Waals surface area contributed by atoms with Gasteiger partial charge in [-0.25, -0.2) is 0 Å². The van der Waals surface area contributed by atoms with Gasteiger partial charge in [0.25, 0.3) is 5.91 Å². The van der Waals surface area contributed by atoms with Gasteiger partial charge in [0.2, 0.25) is 0 Å². The fraction of sp³-hybridized carbons (Fsp3) is 0.269. The van der Waals surface area contributed by atoms with Gasteiger partial charge >= 0.3 is 0 Å². The molecule has 0 radical (unpaired) electrons. The number of ether oxygens (including phenoxy) is 2. The molecule has 9 heteroatoms. The van der Waals surface area contributed by atoms with Crippen LogP contribution in [-0.2, 0) is 13.1 Å². The number of carbonyl (C=O) groups excluding carboxylic acids is 1. The number of carbonyl (C=O) groups is 1. The van der Waals surface area contributed by atoms with E-state index in [9.17, 15) is 4.79 Å². The zero-order valence-corrected chi connectivity index (χ0v) is 20.7. The van der Waals surface area contributed by atoms with Crippen LogP contribution in [0.25, 0.3) is 10.6 Å². The van der Waals surface area contributed by atoms with E-state index in [0.29, 0.717) is 18.8 Å². The van der Waals surface area contributed by atoms with Crippen LogP contribution in [0.2, 0.25) is 0 Å². The Morgan fingerprint density at radius 1 is 1.03 bits per heavy atom. The number of aromatic amines is 1. The van der Waals surface area contributed by atoms with Crippen LogP contribution in [0, 0.1) is 0 Å². The molecule has 0 aliphatic heterocycles. The summed E-state index contributed by atoms with van der Waals surface area (Å²) in [5.74, 6) is 1.39. The van der Waals surface area contributed by atoms with Crippen molar-refractivity contribution in [3.63, 3.8) is 0 Å². The highest BCUT2D eigenvalue weighted by Gasteiger charge is 2.13. The number of pyridine rings is 1. The molecule has 4 aromatic rings. The first kappa shape index (κ1) is 24.4. The third-order valence-corrected chi connectivity index (χ3v) is 6.39. The van der Waals surface area contributed by atoms with Crippen LogP contribution in [0.15, 0.2) is 66.3 Å². The molecule has 0 aliphatic carbocycles. The van der Waals surface area contributed by atoms with E-state index in [1.54, 1.807) is 37.8 Å². The van der Waals surface area contributed by atoms with E-state index in [0.717, 1.165) is 52.7 Å². The normalized spacial score (nSPS) is 10.9. The SMILES string of the molecule is COc1cccc(CN(CCCNC(=O)c2cc(-c3cccs3)[nH]n2)Cc2cncc(OC)c2)c1. The van der Waals surface area contributed by atoms with Gasteiger partial charge in [-0.15, -0.1) is 11.3 Å². The lowest BCUT2D eigenvalue weighted by atomic mass is 10.1. The number of aromatic nitrogens is 3. The Balaban J connectivity index is 1.34. The van der Waals surface area contributed by atoms with Crippen molar-refractivity contribution in [1.29, 1.82) is 0 Å². The molecule has 182 valence electrons. The molecule has 0 aliphatic rings. The van der Waals surface area contributed by atoms with Gasteiger partial charge in [0.15, 0.2) is 5.69 Å². The number of rotatable bonds is 12. The van der Waals surface area contributed by atoms with Crippen molar-refractivity contribution in [2.45, 2.75) is 19.5 Å². The summed E-state index contributed by atoms with van der Waals surface area (Å²) in [6.45, 7) is 2.78. The maximum Gasteiger partial charge on any atom is 0.271 e. The summed E-state index contributed by atoms with van der Waals surface area (Å²) in [6, 6.07) is 15.8. The molecule has 8 nitrogen and oxygen atoms in total. The Morgan fingerprint density at radius 3 is 2.66 bits per heavy atom. The number of hydrogen-bond acceptors (Lipinski definition) is 7. The Hall–Kier alpha value is -3.69. The van der Waals surface area contributed by atoms with Gasteiger partial charge in [-0.1, -0.05) is 18.2 Å². The average Bonchev–Trinajstić information content (AvgIpc) is 3.59. The van der Waals surface area contributed by atoms with Crippen LogP contribution in [0.5, 0.6) is 11.5 Å². The minimum atomic E-state index is -0.180. The van der Waals surface area contributed by atoms with Gasteiger partial charge in [0.1, 0.15) is 11.5 Å². The van der Waals surface area contributed by atoms with E-state index in [1.807, 2.05) is 48.0 Å². The predicted molar refractivity (Wildman–Crippen MR) is 137 cm³/mol. The molecule has 4 rings (SSSR count). The first-order chi connectivity index (χ1) is 17.1. The number of nitrogens with zero attached hydrogens (tertiary/aromatic N) is 3. The Kier molecular flexibility index (Phi) is 8.48. The molecule has 1 amide bonds. The van der Waals surface area contributed by atoms with Gasteiger partial charge in [0, 0.05) is 32.4 Å². The zero-order chi connectivity index (χ0) is 24.5. The van der Waals surface area contributed by atoms with E-state index in [1.165, 1.54) is 0 Å². The molecule has 0 atom stereocenters. The molecule has 0 bridgehead atoms. The van der Waals surface area contributed by atoms with E-state index < -0.39 is 0 Å². The van der Waals surface area contributed by atoms with Crippen LogP contribution < -0.4 is 14.8 Å². The molecule has 1 aromatic carbocycles. The third kappa shape index (κ3) is 6.91. The van der Waals surface area contributed by atoms with Gasteiger partial charge in [-0.3, -0.25) is 19.8 Å². The fourth-order valence-electron chi connectivity index (χ4n) is 3.75. The molecule has 3 heterocycles. The highest BCUT2D eigenvalue weighted by molar-refractivity contribution is 7.13. The fourth-order valence-corrected chi connectivity index (χ4v) is 4.45. The summed E-state index contributed by atoms with van der Waals surface area (Å²) >= 11 is 1.60. The highest BCUT2D eigenvalue weighted by atomic mass is 32.1. The highest BCUT2D eigenvalue weighted by Crippen LogP contribution is 2.23. The summed E-state index contributed by atoms with van der Waals surface area (Å²) in [5, 5.41) is 12.1. The second-order valence-corrected chi connectivity index (χ2v) is 9.00. The molecule has 0 saturated heterocycles. The van der Waals surface area contributed by atoms with Crippen molar-refractivity contribution in [2.24, 2.45) is 0 Å². The number of amides is 1. The van der Waals surface area contributed by atoms with E-state index >= 15 is 0 Å². The first-order valence-corrected chi connectivity index (χ1v) is 12.2. The summed E-state index contributed by atoms with van der Waals surface area (Å²) in [6.07, 6.45) is 4.34. The Labute approximate surface area is 208 Å². The van der Waals surface area contributed by atoms with Crippen molar-refractivity contribution in [3.8, 4) is 22.1 Å². The smallest absolute Gasteiger partial charge is 0.271 e. The summed E-state index contributed by atoms with van der Waals surface area (Å²) < 4.78 is 10.7. The van der Waals surface area contributed by atoms with Gasteiger partial charge in [-0.2, -0.15) is 5.10 Å². The molecule has 2 N–H and O–H groups in total. The number of nitrogens with one attached hydrogen (secondary N) is 2. The van der Waals surface area contributed by atoms with Gasteiger partial charge < -0.3 is 14.8 Å². The Morgan fingerprint density at radius 2 is 1.86 bits per heavy atom. The molecule has 3 aromatic heterocycles. The van der Waals surface area contributed by atoms with Crippen molar-refractivity contribution >= 4 is 17.2 Å². The number of hydrogen-bond donors (Lipinski definition) is 2. The largest absolute Gasteiger partial charge is 0.497 e. The standard InChI is InChI=1S/C26H29N5O3S/c1-33-21-7-3-6-19(12-21)17-31(18-20-13-22(34-2)16-27-15-20)10-5-9-28-26(32)24-14-23(29-30-24)25-8-4-11-35-25/h3-4,6-8,11-16H,5,9-10,17-18H2,1-2H3,(H,28,32)(H,29,30). The summed E-state index contributed by atoms with van der Waals surface area (Å²) in [4.78, 5) is 20.2. The lowest BCUT2D eigenvalue weighted by molar-refractivity contribution is 0.0946. The molecule has 0 spiro atoms. The number of methoxy groups -OCH3 is 2. The Bertz CT molecular complexity index is 1180. The number of benzene rings is 1. The minimum absolute atomic E-state index is 0.180. The lowest BCUT2D eigenvalue weighted by Crippen LogP contribution is -2.30. The van der Waals surface area contributed by atoms with E-state index in [4.69, 9.17) is 9.47 Å². The second-order valence-electron chi connectivity index (χ2n) is 8.05. The molecule has 0 fully saturated rings. The van der Waals surface area contributed by atoms with Crippen molar-refractivity contribution in [1.82, 2.24) is 25.4 Å².